The quantitative estimate of drug-likeness (QED) is 0.314. The number of esters is 1. The number of fused-ring (bicyclic) bond motifs is 3. The smallest absolute Gasteiger partial charge is 0.343 e. The summed E-state index contributed by atoms with van der Waals surface area (Å²) in [7, 11) is 0. The fourth-order valence-corrected chi connectivity index (χ4v) is 3.99. The molecule has 6 rings (SSSR count). The van der Waals surface area contributed by atoms with Gasteiger partial charge in [-0.25, -0.2) is 4.79 Å². The second-order valence-corrected chi connectivity index (χ2v) is 8.00. The summed E-state index contributed by atoms with van der Waals surface area (Å²) in [6.45, 7) is 2.04. The number of ketones is 1. The van der Waals surface area contributed by atoms with Crippen LogP contribution in [0.5, 0.6) is 28.7 Å². The van der Waals surface area contributed by atoms with E-state index in [1.807, 2.05) is 37.3 Å². The van der Waals surface area contributed by atoms with E-state index in [9.17, 15) is 9.59 Å². The number of rotatable bonds is 3. The molecule has 0 radical (unpaired) electrons. The van der Waals surface area contributed by atoms with Crippen molar-refractivity contribution in [3.05, 3.63) is 94.8 Å². The van der Waals surface area contributed by atoms with E-state index in [1.54, 1.807) is 36.4 Å². The van der Waals surface area contributed by atoms with Crippen LogP contribution < -0.4 is 23.7 Å². The third kappa shape index (κ3) is 3.47. The predicted octanol–water partition coefficient (Wildman–Crippen LogP) is 4.96. The monoisotopic (exact) mass is 454 g/mol. The van der Waals surface area contributed by atoms with Gasteiger partial charge in [-0.1, -0.05) is 18.2 Å². The van der Waals surface area contributed by atoms with E-state index >= 15 is 0 Å². The van der Waals surface area contributed by atoms with Crippen LogP contribution in [-0.4, -0.2) is 24.6 Å². The van der Waals surface area contributed by atoms with Crippen molar-refractivity contribution in [2.75, 3.05) is 6.79 Å². The number of carbonyl (C=O) groups excluding carboxylic acids is 2. The van der Waals surface area contributed by atoms with Gasteiger partial charge in [0, 0.05) is 11.6 Å². The lowest BCUT2D eigenvalue weighted by molar-refractivity contribution is 0.0734. The summed E-state index contributed by atoms with van der Waals surface area (Å²) >= 11 is 0. The SMILES string of the molecule is C[C@H]1Oc2ccccc2C=C1/C=C1\Oc2cc(OC(=O)c3ccc4c(c3)OCO4)ccc2C1=O. The molecule has 3 heterocycles. The van der Waals surface area contributed by atoms with Gasteiger partial charge in [-0.05, 0) is 61.0 Å². The Bertz CT molecular complexity index is 1420. The average Bonchev–Trinajstić information content (AvgIpc) is 3.43. The Morgan fingerprint density at radius 2 is 1.82 bits per heavy atom. The minimum absolute atomic E-state index is 0.119. The van der Waals surface area contributed by atoms with E-state index in [0.717, 1.165) is 16.9 Å². The highest BCUT2D eigenvalue weighted by Gasteiger charge is 2.30. The number of benzene rings is 3. The third-order valence-corrected chi connectivity index (χ3v) is 5.77. The molecule has 0 aliphatic carbocycles. The highest BCUT2D eigenvalue weighted by atomic mass is 16.7. The first-order valence-corrected chi connectivity index (χ1v) is 10.7. The maximum Gasteiger partial charge on any atom is 0.343 e. The summed E-state index contributed by atoms with van der Waals surface area (Å²) in [6.07, 6.45) is 3.44. The maximum atomic E-state index is 12.9. The van der Waals surface area contributed by atoms with Gasteiger partial charge in [-0.3, -0.25) is 4.79 Å². The van der Waals surface area contributed by atoms with Crippen molar-refractivity contribution in [2.45, 2.75) is 13.0 Å². The molecule has 3 aliphatic rings. The molecule has 0 fully saturated rings. The highest BCUT2D eigenvalue weighted by molar-refractivity contribution is 6.12. The van der Waals surface area contributed by atoms with Gasteiger partial charge in [0.15, 0.2) is 17.3 Å². The van der Waals surface area contributed by atoms with Gasteiger partial charge in [0.1, 0.15) is 23.4 Å². The molecule has 3 aliphatic heterocycles. The first-order chi connectivity index (χ1) is 16.5. The van der Waals surface area contributed by atoms with E-state index in [4.69, 9.17) is 23.7 Å². The van der Waals surface area contributed by atoms with Crippen molar-refractivity contribution < 1.29 is 33.3 Å². The molecule has 1 atom stereocenters. The number of para-hydroxylation sites is 1. The normalized spacial score (nSPS) is 18.5. The molecular formula is C27H18O7. The molecule has 34 heavy (non-hydrogen) atoms. The first kappa shape index (κ1) is 20.1. The average molecular weight is 454 g/mol. The minimum atomic E-state index is -0.560. The summed E-state index contributed by atoms with van der Waals surface area (Å²) in [5.41, 5.74) is 2.48. The van der Waals surface area contributed by atoms with E-state index in [0.29, 0.717) is 28.4 Å². The van der Waals surface area contributed by atoms with Gasteiger partial charge in [-0.15, -0.1) is 0 Å². The third-order valence-electron chi connectivity index (χ3n) is 5.77. The molecule has 0 unspecified atom stereocenters. The Morgan fingerprint density at radius 1 is 0.971 bits per heavy atom. The molecule has 0 spiro atoms. The molecule has 3 aromatic rings. The fourth-order valence-electron chi connectivity index (χ4n) is 3.99. The van der Waals surface area contributed by atoms with E-state index < -0.39 is 5.97 Å². The van der Waals surface area contributed by atoms with E-state index in [-0.39, 0.29) is 30.2 Å². The van der Waals surface area contributed by atoms with Gasteiger partial charge in [0.25, 0.3) is 0 Å². The van der Waals surface area contributed by atoms with Crippen LogP contribution in [0.25, 0.3) is 6.08 Å². The van der Waals surface area contributed by atoms with Crippen LogP contribution >= 0.6 is 0 Å². The zero-order valence-electron chi connectivity index (χ0n) is 18.1. The van der Waals surface area contributed by atoms with Crippen molar-refractivity contribution >= 4 is 17.8 Å². The van der Waals surface area contributed by atoms with E-state index in [1.165, 1.54) is 6.07 Å². The van der Waals surface area contributed by atoms with Crippen LogP contribution in [0.4, 0.5) is 0 Å². The van der Waals surface area contributed by atoms with Crippen molar-refractivity contribution in [3.63, 3.8) is 0 Å². The number of allylic oxidation sites excluding steroid dienone is 1. The van der Waals surface area contributed by atoms with Gasteiger partial charge in [0.2, 0.25) is 12.6 Å². The Morgan fingerprint density at radius 3 is 2.74 bits per heavy atom. The largest absolute Gasteiger partial charge is 0.485 e. The zero-order valence-corrected chi connectivity index (χ0v) is 18.1. The minimum Gasteiger partial charge on any atom is -0.485 e. The van der Waals surface area contributed by atoms with Gasteiger partial charge < -0.3 is 23.7 Å². The molecule has 0 saturated carbocycles. The number of carbonyl (C=O) groups is 2. The Hall–Kier alpha value is -4.52. The molecule has 7 nitrogen and oxygen atoms in total. The molecular weight excluding hydrogens is 436 g/mol. The lowest BCUT2D eigenvalue weighted by Gasteiger charge is -2.22. The molecule has 3 aromatic carbocycles. The van der Waals surface area contributed by atoms with Gasteiger partial charge in [-0.2, -0.15) is 0 Å². The van der Waals surface area contributed by atoms with Crippen LogP contribution in [0.2, 0.25) is 0 Å². The van der Waals surface area contributed by atoms with Crippen LogP contribution in [-0.2, 0) is 0 Å². The Balaban J connectivity index is 1.22. The number of hydrogen-bond acceptors (Lipinski definition) is 7. The zero-order chi connectivity index (χ0) is 23.2. The summed E-state index contributed by atoms with van der Waals surface area (Å²) in [4.78, 5) is 25.5. The summed E-state index contributed by atoms with van der Waals surface area (Å²) < 4.78 is 27.8. The molecule has 0 saturated heterocycles. The predicted molar refractivity (Wildman–Crippen MR) is 122 cm³/mol. The van der Waals surface area contributed by atoms with Crippen molar-refractivity contribution in [1.29, 1.82) is 0 Å². The number of ether oxygens (including phenoxy) is 5. The molecule has 0 bridgehead atoms. The van der Waals surface area contributed by atoms with Crippen LogP contribution in [0.3, 0.4) is 0 Å². The maximum absolute atomic E-state index is 12.9. The van der Waals surface area contributed by atoms with Gasteiger partial charge in [0.05, 0.1) is 11.1 Å². The first-order valence-electron chi connectivity index (χ1n) is 10.7. The Labute approximate surface area is 194 Å². The van der Waals surface area contributed by atoms with Crippen molar-refractivity contribution in [3.8, 4) is 28.7 Å². The lowest BCUT2D eigenvalue weighted by Crippen LogP contribution is -2.18. The number of hydrogen-bond donors (Lipinski definition) is 0. The van der Waals surface area contributed by atoms with Crippen molar-refractivity contribution in [2.24, 2.45) is 0 Å². The van der Waals surface area contributed by atoms with Gasteiger partial charge >= 0.3 is 5.97 Å². The standard InChI is InChI=1S/C27H18O7/c1-15-18(10-16-4-2-3-5-21(16)32-15)12-25-26(28)20-8-7-19(13-23(20)34-25)33-27(29)17-6-9-22-24(11-17)31-14-30-22/h2-13,15H,14H2,1H3/b25-12-/t15-/m1/s1. The second-order valence-electron chi connectivity index (χ2n) is 8.00. The molecule has 168 valence electrons. The van der Waals surface area contributed by atoms with Crippen LogP contribution in [0, 0.1) is 0 Å². The molecule has 7 heteroatoms. The second kappa shape index (κ2) is 7.81. The highest BCUT2D eigenvalue weighted by Crippen LogP contribution is 2.37. The number of Topliss-reactive ketones (excluding diaryl/α,β-unsaturated/α-hetero) is 1. The van der Waals surface area contributed by atoms with E-state index in [2.05, 4.69) is 0 Å². The topological polar surface area (TPSA) is 80.3 Å². The molecule has 0 aromatic heterocycles. The fraction of sp³-hybridized carbons (Fsp3) is 0.111. The van der Waals surface area contributed by atoms with Crippen LogP contribution in [0.15, 0.2) is 78.1 Å². The van der Waals surface area contributed by atoms with Crippen molar-refractivity contribution in [1.82, 2.24) is 0 Å². The Kier molecular flexibility index (Phi) is 4.62. The van der Waals surface area contributed by atoms with Crippen LogP contribution in [0.1, 0.15) is 33.2 Å². The lowest BCUT2D eigenvalue weighted by atomic mass is 10.0. The summed E-state index contributed by atoms with van der Waals surface area (Å²) in [5.74, 6) is 1.85. The summed E-state index contributed by atoms with van der Waals surface area (Å²) in [5, 5.41) is 0. The summed E-state index contributed by atoms with van der Waals surface area (Å²) in [6, 6.07) is 17.2. The molecule has 0 N–H and O–H groups in total. The molecule has 0 amide bonds.